The zero-order valence-corrected chi connectivity index (χ0v) is 22.1. The van der Waals surface area contributed by atoms with Crippen molar-refractivity contribution in [1.29, 1.82) is 0 Å². The first-order valence-corrected chi connectivity index (χ1v) is 12.3. The zero-order chi connectivity index (χ0) is 26.2. The van der Waals surface area contributed by atoms with Crippen molar-refractivity contribution in [2.75, 3.05) is 0 Å². The number of esters is 2. The normalized spacial score (nSPS) is 10.6. The summed E-state index contributed by atoms with van der Waals surface area (Å²) < 4.78 is 12.7. The first-order valence-electron chi connectivity index (χ1n) is 10.7. The van der Waals surface area contributed by atoms with Crippen LogP contribution in [0.3, 0.4) is 0 Å². The molecule has 0 aliphatic rings. The van der Waals surface area contributed by atoms with Gasteiger partial charge in [-0.15, -0.1) is 0 Å². The third-order valence-corrected chi connectivity index (χ3v) is 5.89. The molecule has 37 heavy (non-hydrogen) atoms. The molecule has 8 nitrogen and oxygen atoms in total. The summed E-state index contributed by atoms with van der Waals surface area (Å²) in [6, 6.07) is 21.0. The van der Waals surface area contributed by atoms with Crippen LogP contribution >= 0.6 is 31.9 Å². The Hall–Kier alpha value is -4.15. The van der Waals surface area contributed by atoms with E-state index < -0.39 is 17.8 Å². The van der Waals surface area contributed by atoms with Crippen LogP contribution in [0.4, 0.5) is 0 Å². The molecule has 184 valence electrons. The van der Waals surface area contributed by atoms with Crippen LogP contribution in [0.5, 0.6) is 11.5 Å². The first kappa shape index (κ1) is 25.9. The van der Waals surface area contributed by atoms with Gasteiger partial charge in [0.1, 0.15) is 0 Å². The Labute approximate surface area is 228 Å². The topological polar surface area (TPSA) is 107 Å². The Balaban J connectivity index is 1.56. The molecule has 0 fully saturated rings. The van der Waals surface area contributed by atoms with E-state index in [1.807, 2.05) is 0 Å². The monoisotopic (exact) mass is 621 g/mol. The lowest BCUT2D eigenvalue weighted by atomic mass is 10.2. The number of pyridine rings is 1. The van der Waals surface area contributed by atoms with Crippen molar-refractivity contribution in [1.82, 2.24) is 10.4 Å². The molecule has 0 aliphatic carbocycles. The van der Waals surface area contributed by atoms with Gasteiger partial charge in [-0.2, -0.15) is 5.10 Å². The number of halogens is 2. The predicted octanol–water partition coefficient (Wildman–Crippen LogP) is 5.81. The van der Waals surface area contributed by atoms with Gasteiger partial charge in [0.15, 0.2) is 11.5 Å². The van der Waals surface area contributed by atoms with E-state index in [0.717, 1.165) is 8.95 Å². The highest BCUT2D eigenvalue weighted by molar-refractivity contribution is 9.10. The summed E-state index contributed by atoms with van der Waals surface area (Å²) >= 11 is 6.65. The smallest absolute Gasteiger partial charge is 0.343 e. The van der Waals surface area contributed by atoms with E-state index in [1.54, 1.807) is 72.9 Å². The predicted molar refractivity (Wildman–Crippen MR) is 144 cm³/mol. The Morgan fingerprint density at radius 1 is 0.757 bits per heavy atom. The second-order valence-electron chi connectivity index (χ2n) is 7.44. The Kier molecular flexibility index (Phi) is 8.55. The highest BCUT2D eigenvalue weighted by atomic mass is 79.9. The number of carbonyl (C=O) groups excluding carboxylic acids is 3. The Morgan fingerprint density at radius 3 is 1.92 bits per heavy atom. The molecule has 0 radical (unpaired) electrons. The number of hydrogen-bond acceptors (Lipinski definition) is 7. The maximum Gasteiger partial charge on any atom is 0.343 e. The van der Waals surface area contributed by atoms with E-state index in [4.69, 9.17) is 9.47 Å². The molecule has 0 bridgehead atoms. The van der Waals surface area contributed by atoms with Crippen LogP contribution in [0.25, 0.3) is 0 Å². The van der Waals surface area contributed by atoms with Gasteiger partial charge in [-0.1, -0.05) is 31.9 Å². The van der Waals surface area contributed by atoms with E-state index in [0.29, 0.717) is 22.3 Å². The van der Waals surface area contributed by atoms with Crippen molar-refractivity contribution in [2.24, 2.45) is 5.10 Å². The molecular weight excluding hydrogens is 606 g/mol. The number of hydrazone groups is 1. The number of rotatable bonds is 7. The number of benzene rings is 3. The summed E-state index contributed by atoms with van der Waals surface area (Å²) in [6.45, 7) is 0. The van der Waals surface area contributed by atoms with Crippen molar-refractivity contribution in [2.45, 2.75) is 0 Å². The van der Waals surface area contributed by atoms with Crippen molar-refractivity contribution in [3.8, 4) is 11.5 Å². The zero-order valence-electron chi connectivity index (χ0n) is 18.9. The largest absolute Gasteiger partial charge is 0.419 e. The molecule has 3 aromatic carbocycles. The minimum absolute atomic E-state index is 0.000848. The van der Waals surface area contributed by atoms with Gasteiger partial charge < -0.3 is 9.47 Å². The fraction of sp³-hybridized carbons (Fsp3) is 0. The number of aromatic nitrogens is 1. The number of ether oxygens (including phenoxy) is 2. The molecule has 4 aromatic rings. The van der Waals surface area contributed by atoms with E-state index in [-0.39, 0.29) is 11.5 Å². The second kappa shape index (κ2) is 12.2. The summed E-state index contributed by atoms with van der Waals surface area (Å²) in [7, 11) is 0. The minimum atomic E-state index is -0.646. The van der Waals surface area contributed by atoms with Gasteiger partial charge in [-0.3, -0.25) is 9.78 Å². The van der Waals surface area contributed by atoms with E-state index >= 15 is 0 Å². The lowest BCUT2D eigenvalue weighted by Gasteiger charge is -2.12. The maximum atomic E-state index is 12.8. The van der Waals surface area contributed by atoms with Crippen molar-refractivity contribution >= 4 is 55.9 Å². The second-order valence-corrected chi connectivity index (χ2v) is 9.27. The van der Waals surface area contributed by atoms with Crippen molar-refractivity contribution in [3.63, 3.8) is 0 Å². The first-order chi connectivity index (χ1) is 17.9. The van der Waals surface area contributed by atoms with Gasteiger partial charge in [0, 0.05) is 21.3 Å². The van der Waals surface area contributed by atoms with Crippen LogP contribution in [0.2, 0.25) is 0 Å². The standard InChI is InChI=1S/C27H17Br2N3O5/c28-21-8-4-18(5-9-21)26(34)36-23-12-3-17(15-31-32-25(33)20-2-1-13-30-16-20)14-24(23)37-27(35)19-6-10-22(29)11-7-19/h1-16H,(H,32,33)/b31-15+. The lowest BCUT2D eigenvalue weighted by molar-refractivity contribution is 0.0682. The van der Waals surface area contributed by atoms with Crippen LogP contribution in [0, 0.1) is 0 Å². The average Bonchev–Trinajstić information content (AvgIpc) is 2.91. The molecule has 0 atom stereocenters. The van der Waals surface area contributed by atoms with Gasteiger partial charge in [-0.25, -0.2) is 15.0 Å². The molecule has 1 N–H and O–H groups in total. The van der Waals surface area contributed by atoms with E-state index in [1.165, 1.54) is 24.5 Å². The molecule has 0 unspecified atom stereocenters. The molecular formula is C27H17Br2N3O5. The minimum Gasteiger partial charge on any atom is -0.419 e. The number of carbonyl (C=O) groups is 3. The van der Waals surface area contributed by atoms with Crippen LogP contribution in [-0.2, 0) is 0 Å². The highest BCUT2D eigenvalue weighted by Gasteiger charge is 2.17. The molecule has 0 saturated heterocycles. The highest BCUT2D eigenvalue weighted by Crippen LogP contribution is 2.30. The quantitative estimate of drug-likeness (QED) is 0.121. The molecule has 1 aromatic heterocycles. The summed E-state index contributed by atoms with van der Waals surface area (Å²) in [6.07, 6.45) is 4.34. The number of amides is 1. The fourth-order valence-electron chi connectivity index (χ4n) is 2.99. The van der Waals surface area contributed by atoms with Crippen LogP contribution in [-0.4, -0.2) is 29.0 Å². The molecule has 1 amide bonds. The van der Waals surface area contributed by atoms with Crippen molar-refractivity contribution in [3.05, 3.63) is 122 Å². The fourth-order valence-corrected chi connectivity index (χ4v) is 3.51. The lowest BCUT2D eigenvalue weighted by Crippen LogP contribution is -2.17. The Bertz CT molecular complexity index is 1460. The molecule has 0 saturated carbocycles. The Morgan fingerprint density at radius 2 is 1.35 bits per heavy atom. The van der Waals surface area contributed by atoms with Gasteiger partial charge in [-0.05, 0) is 84.4 Å². The van der Waals surface area contributed by atoms with Crippen LogP contribution in [0.15, 0.2) is 105 Å². The van der Waals surface area contributed by atoms with Crippen LogP contribution in [0.1, 0.15) is 36.6 Å². The third-order valence-electron chi connectivity index (χ3n) is 4.84. The van der Waals surface area contributed by atoms with Gasteiger partial charge >= 0.3 is 11.9 Å². The van der Waals surface area contributed by atoms with Gasteiger partial charge in [0.05, 0.1) is 22.9 Å². The summed E-state index contributed by atoms with van der Waals surface area (Å²) in [5.41, 5.74) is 3.85. The van der Waals surface area contributed by atoms with Crippen LogP contribution < -0.4 is 14.9 Å². The SMILES string of the molecule is O=C(N/N=C/c1ccc(OC(=O)c2ccc(Br)cc2)c(OC(=O)c2ccc(Br)cc2)c1)c1cccnc1. The molecule has 4 rings (SSSR count). The average molecular weight is 623 g/mol. The van der Waals surface area contributed by atoms with Crippen molar-refractivity contribution < 1.29 is 23.9 Å². The molecule has 0 spiro atoms. The number of nitrogens with zero attached hydrogens (tertiary/aromatic N) is 2. The maximum absolute atomic E-state index is 12.8. The van der Waals surface area contributed by atoms with Gasteiger partial charge in [0.2, 0.25) is 0 Å². The molecule has 1 heterocycles. The third kappa shape index (κ3) is 7.18. The van der Waals surface area contributed by atoms with Gasteiger partial charge in [0.25, 0.3) is 5.91 Å². The van der Waals surface area contributed by atoms with E-state index in [9.17, 15) is 14.4 Å². The molecule has 0 aliphatic heterocycles. The summed E-state index contributed by atoms with van der Waals surface area (Å²) in [4.78, 5) is 41.5. The number of hydrogen-bond donors (Lipinski definition) is 1. The number of nitrogens with one attached hydrogen (secondary N) is 1. The molecule has 10 heteroatoms. The van der Waals surface area contributed by atoms with E-state index in [2.05, 4.69) is 47.4 Å². The summed E-state index contributed by atoms with van der Waals surface area (Å²) in [5, 5.41) is 3.94. The summed E-state index contributed by atoms with van der Waals surface area (Å²) in [5.74, 6) is -1.67.